The molecule has 0 aliphatic carbocycles. The van der Waals surface area contributed by atoms with Crippen LogP contribution in [0.2, 0.25) is 0 Å². The Kier molecular flexibility index (Phi) is 5.65. The first-order chi connectivity index (χ1) is 8.09. The van der Waals surface area contributed by atoms with E-state index in [-0.39, 0.29) is 17.5 Å². The summed E-state index contributed by atoms with van der Waals surface area (Å²) in [6.07, 6.45) is 1.66. The van der Waals surface area contributed by atoms with Gasteiger partial charge >= 0.3 is 0 Å². The van der Waals surface area contributed by atoms with Crippen LogP contribution >= 0.6 is 0 Å². The molecule has 17 heavy (non-hydrogen) atoms. The summed E-state index contributed by atoms with van der Waals surface area (Å²) in [6.45, 7) is 2.00. The Morgan fingerprint density at radius 1 is 1.24 bits per heavy atom. The Morgan fingerprint density at radius 3 is 2.41 bits per heavy atom. The predicted octanol–water partition coefficient (Wildman–Crippen LogP) is 2.16. The van der Waals surface area contributed by atoms with E-state index in [1.807, 2.05) is 37.3 Å². The molecule has 0 heterocycles. The number of benzene rings is 1. The first-order valence-electron chi connectivity index (χ1n) is 6.01. The molecule has 4 heteroatoms. The molecule has 0 aromatic heterocycles. The second-order valence-corrected chi connectivity index (χ2v) is 6.45. The predicted molar refractivity (Wildman–Crippen MR) is 71.8 cm³/mol. The van der Waals surface area contributed by atoms with Crippen molar-refractivity contribution in [3.8, 4) is 0 Å². The molecular weight excluding hydrogens is 234 g/mol. The first-order valence-corrected chi connectivity index (χ1v) is 7.84. The fraction of sp³-hybridized carbons (Fsp3) is 0.538. The van der Waals surface area contributed by atoms with Gasteiger partial charge in [-0.3, -0.25) is 0 Å². The smallest absolute Gasteiger partial charge is 0.152 e. The van der Waals surface area contributed by atoms with Gasteiger partial charge in [0.05, 0.1) is 11.5 Å². The number of hydrogen-bond donors (Lipinski definition) is 1. The lowest BCUT2D eigenvalue weighted by Crippen LogP contribution is -2.26. The summed E-state index contributed by atoms with van der Waals surface area (Å²) in [6, 6.07) is 9.59. The minimum absolute atomic E-state index is 0.113. The Morgan fingerprint density at radius 2 is 1.88 bits per heavy atom. The van der Waals surface area contributed by atoms with Crippen molar-refractivity contribution in [3.05, 3.63) is 35.9 Å². The lowest BCUT2D eigenvalue weighted by Gasteiger charge is -2.16. The molecule has 3 nitrogen and oxygen atoms in total. The summed E-state index contributed by atoms with van der Waals surface area (Å²) in [7, 11) is -1.17. The van der Waals surface area contributed by atoms with E-state index in [1.165, 1.54) is 0 Å². The van der Waals surface area contributed by atoms with Crippen LogP contribution in [0, 0.1) is 0 Å². The molecule has 96 valence electrons. The molecule has 0 spiro atoms. The molecule has 1 aromatic rings. The topological polar surface area (TPSA) is 46.2 Å². The Balaban J connectivity index is 2.71. The molecule has 1 N–H and O–H groups in total. The second-order valence-electron chi connectivity index (χ2n) is 4.22. The van der Waals surface area contributed by atoms with Crippen LogP contribution in [0.15, 0.2) is 30.3 Å². The highest BCUT2D eigenvalue weighted by atomic mass is 32.2. The highest BCUT2D eigenvalue weighted by molar-refractivity contribution is 7.91. The SMILES string of the molecule is CCCCS(=O)(=O)CC(NC)c1ccccc1. The molecule has 0 amide bonds. The highest BCUT2D eigenvalue weighted by Gasteiger charge is 2.18. The average Bonchev–Trinajstić information content (AvgIpc) is 2.35. The van der Waals surface area contributed by atoms with Gasteiger partial charge in [0.1, 0.15) is 0 Å². The summed E-state index contributed by atoms with van der Waals surface area (Å²) >= 11 is 0. The van der Waals surface area contributed by atoms with Gasteiger partial charge in [-0.05, 0) is 19.0 Å². The van der Waals surface area contributed by atoms with Crippen LogP contribution in [0.4, 0.5) is 0 Å². The third-order valence-electron chi connectivity index (χ3n) is 2.78. The van der Waals surface area contributed by atoms with Crippen LogP contribution in [0.25, 0.3) is 0 Å². The molecule has 1 unspecified atom stereocenters. The number of unbranched alkanes of at least 4 members (excludes halogenated alkanes) is 1. The number of nitrogens with one attached hydrogen (secondary N) is 1. The van der Waals surface area contributed by atoms with Gasteiger partial charge in [-0.1, -0.05) is 43.7 Å². The van der Waals surface area contributed by atoms with E-state index in [9.17, 15) is 8.42 Å². The molecule has 0 radical (unpaired) electrons. The Labute approximate surface area is 104 Å². The third kappa shape index (κ3) is 4.88. The molecule has 1 atom stereocenters. The largest absolute Gasteiger partial charge is 0.312 e. The van der Waals surface area contributed by atoms with Crippen molar-refractivity contribution in [2.45, 2.75) is 25.8 Å². The van der Waals surface area contributed by atoms with Crippen LogP contribution < -0.4 is 5.32 Å². The summed E-state index contributed by atoms with van der Waals surface area (Å²) in [4.78, 5) is 0. The quantitative estimate of drug-likeness (QED) is 0.812. The Hall–Kier alpha value is -0.870. The molecule has 0 saturated heterocycles. The molecule has 0 fully saturated rings. The van der Waals surface area contributed by atoms with Crippen molar-refractivity contribution < 1.29 is 8.42 Å². The molecule has 0 saturated carbocycles. The maximum absolute atomic E-state index is 11.9. The van der Waals surface area contributed by atoms with Crippen LogP contribution in [-0.2, 0) is 9.84 Å². The van der Waals surface area contributed by atoms with E-state index in [1.54, 1.807) is 7.05 Å². The molecule has 1 rings (SSSR count). The van der Waals surface area contributed by atoms with E-state index >= 15 is 0 Å². The van der Waals surface area contributed by atoms with Gasteiger partial charge in [0.25, 0.3) is 0 Å². The van der Waals surface area contributed by atoms with E-state index in [0.717, 1.165) is 18.4 Å². The van der Waals surface area contributed by atoms with Crippen molar-refractivity contribution in [2.75, 3.05) is 18.6 Å². The minimum atomic E-state index is -2.97. The molecule has 0 aliphatic rings. The third-order valence-corrected chi connectivity index (χ3v) is 4.53. The first kappa shape index (κ1) is 14.2. The van der Waals surface area contributed by atoms with Gasteiger partial charge in [0, 0.05) is 6.04 Å². The van der Waals surface area contributed by atoms with Gasteiger partial charge in [0.2, 0.25) is 0 Å². The number of rotatable bonds is 7. The second kappa shape index (κ2) is 6.77. The fourth-order valence-corrected chi connectivity index (χ4v) is 3.50. The number of sulfone groups is 1. The van der Waals surface area contributed by atoms with Crippen molar-refractivity contribution in [2.24, 2.45) is 0 Å². The van der Waals surface area contributed by atoms with Gasteiger partial charge in [-0.25, -0.2) is 8.42 Å². The average molecular weight is 255 g/mol. The van der Waals surface area contributed by atoms with E-state index < -0.39 is 9.84 Å². The zero-order valence-electron chi connectivity index (χ0n) is 10.5. The zero-order chi connectivity index (χ0) is 12.7. The van der Waals surface area contributed by atoms with Gasteiger partial charge in [-0.2, -0.15) is 0 Å². The van der Waals surface area contributed by atoms with Crippen molar-refractivity contribution in [3.63, 3.8) is 0 Å². The van der Waals surface area contributed by atoms with E-state index in [4.69, 9.17) is 0 Å². The zero-order valence-corrected chi connectivity index (χ0v) is 11.3. The summed E-state index contributed by atoms with van der Waals surface area (Å²) in [5.74, 6) is 0.460. The summed E-state index contributed by atoms with van der Waals surface area (Å²) in [5, 5.41) is 3.07. The van der Waals surface area contributed by atoms with Crippen molar-refractivity contribution >= 4 is 9.84 Å². The highest BCUT2D eigenvalue weighted by Crippen LogP contribution is 2.15. The number of hydrogen-bond acceptors (Lipinski definition) is 3. The summed E-state index contributed by atoms with van der Waals surface area (Å²) < 4.78 is 23.8. The molecule has 0 aliphatic heterocycles. The maximum atomic E-state index is 11.9. The monoisotopic (exact) mass is 255 g/mol. The molecular formula is C13H21NO2S. The molecule has 0 bridgehead atoms. The van der Waals surface area contributed by atoms with Gasteiger partial charge in [-0.15, -0.1) is 0 Å². The molecule has 1 aromatic carbocycles. The van der Waals surface area contributed by atoms with E-state index in [0.29, 0.717) is 0 Å². The normalized spacial score (nSPS) is 13.5. The minimum Gasteiger partial charge on any atom is -0.312 e. The van der Waals surface area contributed by atoms with Crippen molar-refractivity contribution in [1.29, 1.82) is 0 Å². The standard InChI is InChI=1S/C13H21NO2S/c1-3-4-10-17(15,16)11-13(14-2)12-8-6-5-7-9-12/h5-9,13-14H,3-4,10-11H2,1-2H3. The maximum Gasteiger partial charge on any atom is 0.152 e. The van der Waals surface area contributed by atoms with Crippen LogP contribution in [0.5, 0.6) is 0 Å². The van der Waals surface area contributed by atoms with E-state index in [2.05, 4.69) is 5.32 Å². The van der Waals surface area contributed by atoms with Crippen LogP contribution in [-0.4, -0.2) is 27.0 Å². The van der Waals surface area contributed by atoms with Crippen LogP contribution in [0.1, 0.15) is 31.4 Å². The lowest BCUT2D eigenvalue weighted by molar-refractivity contribution is 0.571. The summed E-state index contributed by atoms with van der Waals surface area (Å²) in [5.41, 5.74) is 1.02. The Bertz CT molecular complexity index is 414. The van der Waals surface area contributed by atoms with Crippen LogP contribution in [0.3, 0.4) is 0 Å². The van der Waals surface area contributed by atoms with Crippen molar-refractivity contribution in [1.82, 2.24) is 5.32 Å². The lowest BCUT2D eigenvalue weighted by atomic mass is 10.1. The van der Waals surface area contributed by atoms with Gasteiger partial charge < -0.3 is 5.32 Å². The fourth-order valence-electron chi connectivity index (χ4n) is 1.73. The van der Waals surface area contributed by atoms with Gasteiger partial charge in [0.15, 0.2) is 9.84 Å².